The smallest absolute Gasteiger partial charge is 0.321 e. The normalized spacial score (nSPS) is 21.8. The van der Waals surface area contributed by atoms with Crippen molar-refractivity contribution < 1.29 is 19.1 Å². The number of esters is 1. The number of hydrogen-bond acceptors (Lipinski definition) is 4. The maximum atomic E-state index is 12.3. The standard InChI is InChI=1S/C14H23NO4/c1-15(8-3-11-4-9-19-10-5-11)12(16)14(6-7-14)13(17)18-2/h11H,3-10H2,1-2H3. The van der Waals surface area contributed by atoms with Gasteiger partial charge in [0.25, 0.3) is 0 Å². The molecular formula is C14H23NO4. The Balaban J connectivity index is 1.81. The molecule has 2 aliphatic rings. The average Bonchev–Trinajstić information content (AvgIpc) is 3.25. The average molecular weight is 269 g/mol. The van der Waals surface area contributed by atoms with Crippen molar-refractivity contribution in [3.63, 3.8) is 0 Å². The molecule has 0 aromatic heterocycles. The van der Waals surface area contributed by atoms with Crippen molar-refractivity contribution in [2.24, 2.45) is 11.3 Å². The first kappa shape index (κ1) is 14.3. The zero-order chi connectivity index (χ0) is 13.9. The van der Waals surface area contributed by atoms with Crippen molar-refractivity contribution in [1.29, 1.82) is 0 Å². The van der Waals surface area contributed by atoms with Gasteiger partial charge in [0.1, 0.15) is 5.41 Å². The topological polar surface area (TPSA) is 55.8 Å². The highest BCUT2D eigenvalue weighted by molar-refractivity contribution is 6.05. The minimum absolute atomic E-state index is 0.0774. The summed E-state index contributed by atoms with van der Waals surface area (Å²) in [5.74, 6) is 0.180. The van der Waals surface area contributed by atoms with E-state index in [-0.39, 0.29) is 11.9 Å². The van der Waals surface area contributed by atoms with Gasteiger partial charge in [0.2, 0.25) is 5.91 Å². The summed E-state index contributed by atoms with van der Waals surface area (Å²) in [7, 11) is 3.13. The van der Waals surface area contributed by atoms with E-state index in [4.69, 9.17) is 9.47 Å². The van der Waals surface area contributed by atoms with Gasteiger partial charge in [0.05, 0.1) is 7.11 Å². The molecule has 5 nitrogen and oxygen atoms in total. The third kappa shape index (κ3) is 3.08. The molecule has 0 N–H and O–H groups in total. The fourth-order valence-corrected chi connectivity index (χ4v) is 2.70. The highest BCUT2D eigenvalue weighted by Gasteiger charge is 2.58. The first-order chi connectivity index (χ1) is 9.10. The predicted octanol–water partition coefficient (Wildman–Crippen LogP) is 1.21. The monoisotopic (exact) mass is 269 g/mol. The Labute approximate surface area is 114 Å². The van der Waals surface area contributed by atoms with Gasteiger partial charge in [-0.3, -0.25) is 9.59 Å². The Morgan fingerprint density at radius 3 is 2.47 bits per heavy atom. The van der Waals surface area contributed by atoms with Crippen molar-refractivity contribution in [3.05, 3.63) is 0 Å². The molecule has 2 fully saturated rings. The Bertz CT molecular complexity index is 345. The minimum Gasteiger partial charge on any atom is -0.468 e. The van der Waals surface area contributed by atoms with Crippen molar-refractivity contribution >= 4 is 11.9 Å². The van der Waals surface area contributed by atoms with Crippen LogP contribution in [0.25, 0.3) is 0 Å². The van der Waals surface area contributed by atoms with E-state index in [9.17, 15) is 9.59 Å². The van der Waals surface area contributed by atoms with Gasteiger partial charge in [0, 0.05) is 26.8 Å². The van der Waals surface area contributed by atoms with Gasteiger partial charge < -0.3 is 14.4 Å². The van der Waals surface area contributed by atoms with E-state index in [0.717, 1.165) is 32.5 Å². The number of hydrogen-bond donors (Lipinski definition) is 0. The van der Waals surface area contributed by atoms with Crippen LogP contribution in [0.15, 0.2) is 0 Å². The van der Waals surface area contributed by atoms with Gasteiger partial charge in [0.15, 0.2) is 0 Å². The highest BCUT2D eigenvalue weighted by atomic mass is 16.5. The number of carbonyl (C=O) groups excluding carboxylic acids is 2. The molecule has 1 heterocycles. The molecule has 2 rings (SSSR count). The zero-order valence-corrected chi connectivity index (χ0v) is 11.8. The van der Waals surface area contributed by atoms with Crippen molar-refractivity contribution in [2.75, 3.05) is 33.9 Å². The van der Waals surface area contributed by atoms with Crippen LogP contribution in [0.3, 0.4) is 0 Å². The SMILES string of the molecule is COC(=O)C1(C(=O)N(C)CCC2CCOCC2)CC1. The molecule has 1 amide bonds. The molecular weight excluding hydrogens is 246 g/mol. The lowest BCUT2D eigenvalue weighted by molar-refractivity contribution is -0.155. The number of methoxy groups -OCH3 is 1. The first-order valence-corrected chi connectivity index (χ1v) is 7.02. The van der Waals surface area contributed by atoms with Crippen LogP contribution in [0.5, 0.6) is 0 Å². The van der Waals surface area contributed by atoms with Gasteiger partial charge in [-0.2, -0.15) is 0 Å². The number of carbonyl (C=O) groups is 2. The van der Waals surface area contributed by atoms with E-state index in [1.165, 1.54) is 7.11 Å². The Kier molecular flexibility index (Phi) is 4.45. The summed E-state index contributed by atoms with van der Waals surface area (Å²) in [4.78, 5) is 25.7. The molecule has 0 spiro atoms. The molecule has 5 heteroatoms. The molecule has 0 aromatic carbocycles. The maximum absolute atomic E-state index is 12.3. The lowest BCUT2D eigenvalue weighted by atomic mass is 9.96. The van der Waals surface area contributed by atoms with Crippen LogP contribution in [0, 0.1) is 11.3 Å². The number of amides is 1. The molecule has 0 aromatic rings. The maximum Gasteiger partial charge on any atom is 0.321 e. The van der Waals surface area contributed by atoms with Gasteiger partial charge in [-0.1, -0.05) is 0 Å². The summed E-state index contributed by atoms with van der Waals surface area (Å²) in [6.45, 7) is 2.37. The van der Waals surface area contributed by atoms with Gasteiger partial charge >= 0.3 is 5.97 Å². The van der Waals surface area contributed by atoms with Gasteiger partial charge in [-0.25, -0.2) is 0 Å². The number of rotatable bonds is 5. The molecule has 0 unspecified atom stereocenters. The van der Waals surface area contributed by atoms with Gasteiger partial charge in [-0.15, -0.1) is 0 Å². The molecule has 0 atom stereocenters. The quantitative estimate of drug-likeness (QED) is 0.556. The van der Waals surface area contributed by atoms with E-state index < -0.39 is 5.41 Å². The lowest BCUT2D eigenvalue weighted by Crippen LogP contribution is -2.40. The minimum atomic E-state index is -0.862. The Morgan fingerprint density at radius 1 is 1.32 bits per heavy atom. The third-order valence-corrected chi connectivity index (χ3v) is 4.30. The third-order valence-electron chi connectivity index (χ3n) is 4.30. The summed E-state index contributed by atoms with van der Waals surface area (Å²) in [5, 5.41) is 0. The van der Waals surface area contributed by atoms with Crippen LogP contribution < -0.4 is 0 Å². The second-order valence-electron chi connectivity index (χ2n) is 5.64. The summed E-state index contributed by atoms with van der Waals surface area (Å²) in [5.41, 5.74) is -0.862. The van der Waals surface area contributed by atoms with Crippen molar-refractivity contribution in [1.82, 2.24) is 4.90 Å². The van der Waals surface area contributed by atoms with Crippen LogP contribution in [-0.2, 0) is 19.1 Å². The Morgan fingerprint density at radius 2 is 1.95 bits per heavy atom. The molecule has 0 bridgehead atoms. The van der Waals surface area contributed by atoms with Crippen molar-refractivity contribution in [2.45, 2.75) is 32.1 Å². The summed E-state index contributed by atoms with van der Waals surface area (Å²) < 4.78 is 10.1. The second kappa shape index (κ2) is 5.90. The molecule has 1 saturated carbocycles. The van der Waals surface area contributed by atoms with Crippen LogP contribution >= 0.6 is 0 Å². The van der Waals surface area contributed by atoms with E-state index in [2.05, 4.69) is 0 Å². The van der Waals surface area contributed by atoms with Crippen LogP contribution in [-0.4, -0.2) is 50.7 Å². The summed E-state index contributed by atoms with van der Waals surface area (Å²) >= 11 is 0. The van der Waals surface area contributed by atoms with E-state index >= 15 is 0 Å². The molecule has 1 aliphatic carbocycles. The fraction of sp³-hybridized carbons (Fsp3) is 0.857. The summed E-state index contributed by atoms with van der Waals surface area (Å²) in [6.07, 6.45) is 4.39. The number of ether oxygens (including phenoxy) is 2. The molecule has 0 radical (unpaired) electrons. The molecule has 1 aliphatic heterocycles. The van der Waals surface area contributed by atoms with Crippen LogP contribution in [0.2, 0.25) is 0 Å². The van der Waals surface area contributed by atoms with Crippen LogP contribution in [0.1, 0.15) is 32.1 Å². The molecule has 19 heavy (non-hydrogen) atoms. The van der Waals surface area contributed by atoms with Gasteiger partial charge in [-0.05, 0) is 38.0 Å². The van der Waals surface area contributed by atoms with E-state index in [1.54, 1.807) is 11.9 Å². The molecule has 108 valence electrons. The molecule has 1 saturated heterocycles. The zero-order valence-electron chi connectivity index (χ0n) is 11.8. The predicted molar refractivity (Wildman–Crippen MR) is 69.5 cm³/mol. The first-order valence-electron chi connectivity index (χ1n) is 7.02. The largest absolute Gasteiger partial charge is 0.468 e. The van der Waals surface area contributed by atoms with Crippen molar-refractivity contribution in [3.8, 4) is 0 Å². The number of nitrogens with zero attached hydrogens (tertiary/aromatic N) is 1. The van der Waals surface area contributed by atoms with Crippen LogP contribution in [0.4, 0.5) is 0 Å². The Hall–Kier alpha value is -1.10. The lowest BCUT2D eigenvalue weighted by Gasteiger charge is -2.26. The fourth-order valence-electron chi connectivity index (χ4n) is 2.70. The summed E-state index contributed by atoms with van der Waals surface area (Å²) in [6, 6.07) is 0. The highest BCUT2D eigenvalue weighted by Crippen LogP contribution is 2.48. The van der Waals surface area contributed by atoms with E-state index in [0.29, 0.717) is 25.3 Å². The second-order valence-corrected chi connectivity index (χ2v) is 5.64. The van der Waals surface area contributed by atoms with E-state index in [1.807, 2.05) is 0 Å².